The van der Waals surface area contributed by atoms with Gasteiger partial charge in [0.05, 0.1) is 6.61 Å². The number of ether oxygens (including phenoxy) is 1. The van der Waals surface area contributed by atoms with Crippen molar-refractivity contribution in [1.82, 2.24) is 5.32 Å². The second-order valence-corrected chi connectivity index (χ2v) is 5.32. The maximum Gasteiger partial charge on any atom is 0.124 e. The lowest BCUT2D eigenvalue weighted by Crippen LogP contribution is -2.27. The van der Waals surface area contributed by atoms with E-state index in [9.17, 15) is 0 Å². The molecule has 0 aliphatic rings. The molecule has 1 rings (SSSR count). The van der Waals surface area contributed by atoms with E-state index in [0.29, 0.717) is 24.5 Å². The first kappa shape index (κ1) is 15.0. The van der Waals surface area contributed by atoms with Crippen LogP contribution >= 0.6 is 0 Å². The summed E-state index contributed by atoms with van der Waals surface area (Å²) in [5, 5.41) is 3.60. The van der Waals surface area contributed by atoms with Gasteiger partial charge in [-0.15, -0.1) is 0 Å². The Morgan fingerprint density at radius 3 is 2.39 bits per heavy atom. The lowest BCUT2D eigenvalue weighted by molar-refractivity contribution is 0.328. The van der Waals surface area contributed by atoms with E-state index in [0.717, 1.165) is 12.3 Å². The predicted octanol–water partition coefficient (Wildman–Crippen LogP) is 4.03. The molecule has 2 atom stereocenters. The van der Waals surface area contributed by atoms with Crippen molar-refractivity contribution < 1.29 is 4.74 Å². The van der Waals surface area contributed by atoms with E-state index in [-0.39, 0.29) is 0 Å². The van der Waals surface area contributed by atoms with Crippen molar-refractivity contribution in [3.8, 4) is 5.75 Å². The topological polar surface area (TPSA) is 21.3 Å². The molecule has 0 saturated carbocycles. The van der Waals surface area contributed by atoms with Gasteiger partial charge in [0, 0.05) is 11.6 Å². The minimum absolute atomic E-state index is 0.328. The molecule has 0 amide bonds. The molecule has 0 radical (unpaired) electrons. The van der Waals surface area contributed by atoms with Crippen molar-refractivity contribution in [2.75, 3.05) is 13.2 Å². The first-order valence-electron chi connectivity index (χ1n) is 7.01. The lowest BCUT2D eigenvalue weighted by atomic mass is 9.97. The van der Waals surface area contributed by atoms with Gasteiger partial charge < -0.3 is 10.1 Å². The summed E-state index contributed by atoms with van der Waals surface area (Å²) in [7, 11) is 0. The minimum atomic E-state index is 0.328. The maximum absolute atomic E-state index is 5.67. The number of benzene rings is 1. The van der Waals surface area contributed by atoms with Crippen molar-refractivity contribution in [1.29, 1.82) is 0 Å². The average Bonchev–Trinajstić information content (AvgIpc) is 2.36. The number of hydrogen-bond acceptors (Lipinski definition) is 2. The van der Waals surface area contributed by atoms with Gasteiger partial charge in [0.2, 0.25) is 0 Å². The SMILES string of the molecule is CCOc1ccccc1C(C)NCC(C)C(C)C. The Balaban J connectivity index is 2.63. The van der Waals surface area contributed by atoms with Crippen LogP contribution in [0.25, 0.3) is 0 Å². The zero-order chi connectivity index (χ0) is 13.5. The van der Waals surface area contributed by atoms with Crippen molar-refractivity contribution in [3.05, 3.63) is 29.8 Å². The van der Waals surface area contributed by atoms with Crippen LogP contribution in [0.2, 0.25) is 0 Å². The Hall–Kier alpha value is -1.02. The minimum Gasteiger partial charge on any atom is -0.494 e. The molecule has 2 unspecified atom stereocenters. The lowest BCUT2D eigenvalue weighted by Gasteiger charge is -2.22. The monoisotopic (exact) mass is 249 g/mol. The smallest absolute Gasteiger partial charge is 0.124 e. The van der Waals surface area contributed by atoms with E-state index in [1.165, 1.54) is 5.56 Å². The Kier molecular flexibility index (Phi) is 6.20. The van der Waals surface area contributed by atoms with Gasteiger partial charge in [-0.25, -0.2) is 0 Å². The zero-order valence-corrected chi connectivity index (χ0v) is 12.4. The standard InChI is InChI=1S/C16H27NO/c1-6-18-16-10-8-7-9-15(16)14(5)17-11-13(4)12(2)3/h7-10,12-14,17H,6,11H2,1-5H3. The fourth-order valence-corrected chi connectivity index (χ4v) is 1.83. The number of rotatable bonds is 7. The van der Waals surface area contributed by atoms with E-state index < -0.39 is 0 Å². The van der Waals surface area contributed by atoms with Gasteiger partial charge in [0.15, 0.2) is 0 Å². The van der Waals surface area contributed by atoms with Gasteiger partial charge >= 0.3 is 0 Å². The van der Waals surface area contributed by atoms with Crippen LogP contribution in [-0.2, 0) is 0 Å². The van der Waals surface area contributed by atoms with E-state index in [4.69, 9.17) is 4.74 Å². The summed E-state index contributed by atoms with van der Waals surface area (Å²) in [6.45, 7) is 12.8. The molecule has 1 aromatic rings. The van der Waals surface area contributed by atoms with Gasteiger partial charge in [0.1, 0.15) is 5.75 Å². The molecule has 0 heterocycles. The van der Waals surface area contributed by atoms with Gasteiger partial charge in [-0.05, 0) is 38.3 Å². The van der Waals surface area contributed by atoms with Crippen LogP contribution in [0, 0.1) is 11.8 Å². The molecule has 0 aliphatic heterocycles. The second-order valence-electron chi connectivity index (χ2n) is 5.32. The highest BCUT2D eigenvalue weighted by Gasteiger charge is 2.13. The molecule has 0 fully saturated rings. The van der Waals surface area contributed by atoms with Gasteiger partial charge in [-0.1, -0.05) is 39.0 Å². The van der Waals surface area contributed by atoms with Gasteiger partial charge in [-0.3, -0.25) is 0 Å². The predicted molar refractivity (Wildman–Crippen MR) is 78.0 cm³/mol. The van der Waals surface area contributed by atoms with Crippen LogP contribution in [0.3, 0.4) is 0 Å². The molecule has 0 spiro atoms. The molecule has 0 aliphatic carbocycles. The van der Waals surface area contributed by atoms with E-state index in [1.54, 1.807) is 0 Å². The molecular formula is C16H27NO. The summed E-state index contributed by atoms with van der Waals surface area (Å²) < 4.78 is 5.67. The van der Waals surface area contributed by atoms with Gasteiger partial charge in [-0.2, -0.15) is 0 Å². The van der Waals surface area contributed by atoms with Gasteiger partial charge in [0.25, 0.3) is 0 Å². The van der Waals surface area contributed by atoms with Crippen LogP contribution < -0.4 is 10.1 Å². The number of nitrogens with one attached hydrogen (secondary N) is 1. The third-order valence-electron chi connectivity index (χ3n) is 3.57. The van der Waals surface area contributed by atoms with Crippen LogP contribution in [0.15, 0.2) is 24.3 Å². The molecule has 0 bridgehead atoms. The Labute approximate surface area is 112 Å². The summed E-state index contributed by atoms with van der Waals surface area (Å²) >= 11 is 0. The van der Waals surface area contributed by atoms with Crippen molar-refractivity contribution >= 4 is 0 Å². The van der Waals surface area contributed by atoms with Crippen LogP contribution in [-0.4, -0.2) is 13.2 Å². The largest absolute Gasteiger partial charge is 0.494 e. The third kappa shape index (κ3) is 4.34. The molecule has 2 nitrogen and oxygen atoms in total. The highest BCUT2D eigenvalue weighted by molar-refractivity contribution is 5.35. The first-order valence-corrected chi connectivity index (χ1v) is 7.01. The highest BCUT2D eigenvalue weighted by Crippen LogP contribution is 2.25. The van der Waals surface area contributed by atoms with E-state index in [2.05, 4.69) is 45.1 Å². The molecule has 18 heavy (non-hydrogen) atoms. The molecule has 2 heteroatoms. The molecule has 0 saturated heterocycles. The van der Waals surface area contributed by atoms with Crippen molar-refractivity contribution in [2.24, 2.45) is 11.8 Å². The summed E-state index contributed by atoms with van der Waals surface area (Å²) in [5.41, 5.74) is 1.25. The van der Waals surface area contributed by atoms with Crippen molar-refractivity contribution in [2.45, 2.75) is 40.7 Å². The highest BCUT2D eigenvalue weighted by atomic mass is 16.5. The zero-order valence-electron chi connectivity index (χ0n) is 12.4. The van der Waals surface area contributed by atoms with Crippen LogP contribution in [0.5, 0.6) is 5.75 Å². The van der Waals surface area contributed by atoms with E-state index in [1.807, 2.05) is 19.1 Å². The first-order chi connectivity index (χ1) is 8.56. The molecule has 1 aromatic carbocycles. The summed E-state index contributed by atoms with van der Waals surface area (Å²) in [4.78, 5) is 0. The van der Waals surface area contributed by atoms with Crippen LogP contribution in [0.1, 0.15) is 46.2 Å². The average molecular weight is 249 g/mol. The third-order valence-corrected chi connectivity index (χ3v) is 3.57. The van der Waals surface area contributed by atoms with Crippen molar-refractivity contribution in [3.63, 3.8) is 0 Å². The number of hydrogen-bond donors (Lipinski definition) is 1. The normalized spacial score (nSPS) is 14.6. The summed E-state index contributed by atoms with van der Waals surface area (Å²) in [6.07, 6.45) is 0. The van der Waals surface area contributed by atoms with Crippen LogP contribution in [0.4, 0.5) is 0 Å². The Morgan fingerprint density at radius 2 is 1.78 bits per heavy atom. The quantitative estimate of drug-likeness (QED) is 0.788. The van der Waals surface area contributed by atoms with E-state index >= 15 is 0 Å². The molecule has 1 N–H and O–H groups in total. The summed E-state index contributed by atoms with van der Waals surface area (Å²) in [5.74, 6) is 2.40. The second kappa shape index (κ2) is 7.42. The Bertz CT molecular complexity index is 349. The number of para-hydroxylation sites is 1. The fraction of sp³-hybridized carbons (Fsp3) is 0.625. The molecular weight excluding hydrogens is 222 g/mol. The maximum atomic E-state index is 5.67. The molecule has 102 valence electrons. The molecule has 0 aromatic heterocycles. The summed E-state index contributed by atoms with van der Waals surface area (Å²) in [6, 6.07) is 8.61. The Morgan fingerprint density at radius 1 is 1.11 bits per heavy atom. The fourth-order valence-electron chi connectivity index (χ4n) is 1.83.